The molecule has 3 aliphatic rings. The molecule has 0 amide bonds. The largest absolute Gasteiger partial charge is 0.456 e. The van der Waals surface area contributed by atoms with Gasteiger partial charge in [0, 0.05) is 44.8 Å². The molecule has 0 saturated carbocycles. The zero-order chi connectivity index (χ0) is 45.5. The third-order valence-electron chi connectivity index (χ3n) is 15.2. The molecule has 0 saturated heterocycles. The topological polar surface area (TPSA) is 36.0 Å². The van der Waals surface area contributed by atoms with Gasteiger partial charge in [0.2, 0.25) is 0 Å². The molecule has 0 bridgehead atoms. The van der Waals surface area contributed by atoms with Crippen molar-refractivity contribution >= 4 is 137 Å². The van der Waals surface area contributed by atoms with Crippen molar-refractivity contribution in [1.29, 1.82) is 0 Å². The van der Waals surface area contributed by atoms with Gasteiger partial charge in [-0.1, -0.05) is 153 Å². The van der Waals surface area contributed by atoms with Crippen LogP contribution >= 0.6 is 0 Å². The van der Waals surface area contributed by atoms with E-state index in [1.165, 1.54) is 43.6 Å². The maximum Gasteiger partial charge on any atom is 0.252 e. The summed E-state index contributed by atoms with van der Waals surface area (Å²) in [5, 5.41) is 7.35. The lowest BCUT2D eigenvalue weighted by atomic mass is 9.33. The van der Waals surface area contributed by atoms with Crippen LogP contribution in [0.25, 0.3) is 55.0 Å². The van der Waals surface area contributed by atoms with Gasteiger partial charge in [-0.25, -0.2) is 0 Å². The molecule has 0 N–H and O–H groups in total. The molecule has 10 aromatic carbocycles. The van der Waals surface area contributed by atoms with E-state index in [9.17, 15) is 0 Å². The second-order valence-corrected chi connectivity index (χ2v) is 23.5. The van der Waals surface area contributed by atoms with Crippen LogP contribution in [0.4, 0.5) is 51.2 Å². The summed E-state index contributed by atoms with van der Waals surface area (Å²) in [5.41, 5.74) is 19.8. The Kier molecular flexibility index (Phi) is 7.97. The summed E-state index contributed by atoms with van der Waals surface area (Å²) in [6.45, 7) is 4.86. The molecular weight excluding hydrogens is 858 g/mol. The molecule has 12 aromatic rings. The van der Waals surface area contributed by atoms with Crippen molar-refractivity contribution in [2.24, 2.45) is 0 Å². The van der Waals surface area contributed by atoms with E-state index in [4.69, 9.17) is 8.83 Å². The van der Waals surface area contributed by atoms with E-state index in [1.807, 2.05) is 0 Å². The number of anilines is 9. The fourth-order valence-electron chi connectivity index (χ4n) is 12.3. The van der Waals surface area contributed by atoms with Crippen molar-refractivity contribution in [3.8, 4) is 11.1 Å². The number of fused-ring (bicyclic) bond motifs is 15. The zero-order valence-electron chi connectivity index (χ0n) is 38.0. The average molecular weight is 900 g/mol. The Morgan fingerprint density at radius 3 is 1.51 bits per heavy atom. The summed E-state index contributed by atoms with van der Waals surface area (Å²) in [4.78, 5) is 7.58. The predicted octanol–water partition coefficient (Wildman–Crippen LogP) is 13.8. The molecule has 69 heavy (non-hydrogen) atoms. The minimum absolute atomic E-state index is 0.144. The molecule has 0 fully saturated rings. The minimum atomic E-state index is -2.04. The molecule has 324 valence electrons. The van der Waals surface area contributed by atoms with Crippen LogP contribution in [0.5, 0.6) is 0 Å². The van der Waals surface area contributed by atoms with Gasteiger partial charge in [-0.05, 0) is 111 Å². The van der Waals surface area contributed by atoms with Crippen LogP contribution in [0.15, 0.2) is 227 Å². The normalized spacial score (nSPS) is 14.0. The summed E-state index contributed by atoms with van der Waals surface area (Å²) in [5.74, 6) is 0. The van der Waals surface area contributed by atoms with E-state index >= 15 is 0 Å². The van der Waals surface area contributed by atoms with E-state index in [-0.39, 0.29) is 6.71 Å². The number of para-hydroxylation sites is 5. The van der Waals surface area contributed by atoms with Crippen LogP contribution in [-0.2, 0) is 0 Å². The first-order valence-electron chi connectivity index (χ1n) is 23.9. The Morgan fingerprint density at radius 2 is 0.928 bits per heavy atom. The first-order valence-corrected chi connectivity index (χ1v) is 26.9. The molecule has 5 heterocycles. The highest BCUT2D eigenvalue weighted by molar-refractivity contribution is 7.04. The Morgan fingerprint density at radius 1 is 0.435 bits per heavy atom. The lowest BCUT2D eigenvalue weighted by molar-refractivity contribution is 0.668. The number of benzene rings is 10. The van der Waals surface area contributed by atoms with Crippen molar-refractivity contribution in [1.82, 2.24) is 0 Å². The summed E-state index contributed by atoms with van der Waals surface area (Å²) in [6.07, 6.45) is 0. The van der Waals surface area contributed by atoms with Crippen LogP contribution < -0.4 is 41.5 Å². The summed E-state index contributed by atoms with van der Waals surface area (Å²) < 4.78 is 13.5. The second kappa shape index (κ2) is 14.3. The van der Waals surface area contributed by atoms with Gasteiger partial charge >= 0.3 is 0 Å². The van der Waals surface area contributed by atoms with Crippen molar-refractivity contribution in [3.63, 3.8) is 0 Å². The summed E-state index contributed by atoms with van der Waals surface area (Å²) in [7, 11) is -2.04. The van der Waals surface area contributed by atoms with E-state index < -0.39 is 8.07 Å². The molecule has 0 radical (unpaired) electrons. The molecule has 0 aliphatic carbocycles. The van der Waals surface area contributed by atoms with Crippen molar-refractivity contribution in [2.45, 2.75) is 13.1 Å². The zero-order valence-corrected chi connectivity index (χ0v) is 39.0. The van der Waals surface area contributed by atoms with Crippen molar-refractivity contribution < 1.29 is 8.83 Å². The Hall–Kier alpha value is -8.52. The summed E-state index contributed by atoms with van der Waals surface area (Å²) >= 11 is 0. The van der Waals surface area contributed by atoms with Crippen LogP contribution in [0.1, 0.15) is 0 Å². The molecule has 3 aliphatic heterocycles. The van der Waals surface area contributed by atoms with Crippen LogP contribution in [0, 0.1) is 0 Å². The molecule has 15 rings (SSSR count). The highest BCUT2D eigenvalue weighted by Crippen LogP contribution is 2.53. The number of furan rings is 2. The van der Waals surface area contributed by atoms with Gasteiger partial charge in [-0.2, -0.15) is 0 Å². The van der Waals surface area contributed by atoms with E-state index in [0.29, 0.717) is 0 Å². The maximum atomic E-state index is 6.75. The monoisotopic (exact) mass is 899 g/mol. The van der Waals surface area contributed by atoms with Crippen molar-refractivity contribution in [2.75, 3.05) is 14.7 Å². The van der Waals surface area contributed by atoms with Gasteiger partial charge in [0.15, 0.2) is 0 Å². The quantitative estimate of drug-likeness (QED) is 0.161. The van der Waals surface area contributed by atoms with E-state index in [2.05, 4.69) is 246 Å². The van der Waals surface area contributed by atoms with Crippen LogP contribution in [0.3, 0.4) is 0 Å². The number of hydrogen-bond acceptors (Lipinski definition) is 5. The second-order valence-electron chi connectivity index (χ2n) is 19.2. The predicted molar refractivity (Wildman–Crippen MR) is 292 cm³/mol. The summed E-state index contributed by atoms with van der Waals surface area (Å²) in [6, 6.07) is 79.9. The molecule has 5 nitrogen and oxygen atoms in total. The van der Waals surface area contributed by atoms with Crippen molar-refractivity contribution in [3.05, 3.63) is 218 Å². The lowest BCUT2D eigenvalue weighted by Gasteiger charge is -2.45. The Balaban J connectivity index is 1.13. The van der Waals surface area contributed by atoms with Gasteiger partial charge in [0.05, 0.1) is 33.5 Å². The fraction of sp³-hybridized carbons (Fsp3) is 0.0323. The maximum absolute atomic E-state index is 6.75. The highest BCUT2D eigenvalue weighted by Gasteiger charge is 2.46. The number of hydrogen-bond donors (Lipinski definition) is 0. The first kappa shape index (κ1) is 38.6. The molecule has 0 atom stereocenters. The van der Waals surface area contributed by atoms with Gasteiger partial charge in [0.25, 0.3) is 6.71 Å². The van der Waals surface area contributed by atoms with E-state index in [0.717, 1.165) is 89.4 Å². The Bertz CT molecular complexity index is 3900. The fourth-order valence-corrected chi connectivity index (χ4v) is 15.4. The van der Waals surface area contributed by atoms with Crippen LogP contribution in [-0.4, -0.2) is 14.8 Å². The molecule has 0 unspecified atom stereocenters. The van der Waals surface area contributed by atoms with Gasteiger partial charge in [0.1, 0.15) is 30.4 Å². The SMILES string of the molecule is C[Si]1(C)c2ccccc2-c2c(N(c3ccccc3)c3cc4c5c(c3)N(c3ccccc3)c3c(ccc6oc7ccccc7c36)B5c3ccc5oc6ccccc6c5c3N4c3ccccc3)cccc21. The third kappa shape index (κ3) is 5.30. The number of rotatable bonds is 5. The van der Waals surface area contributed by atoms with E-state index in [1.54, 1.807) is 0 Å². The number of nitrogens with zero attached hydrogens (tertiary/aromatic N) is 3. The first-order chi connectivity index (χ1) is 34.0. The highest BCUT2D eigenvalue weighted by atomic mass is 28.3. The van der Waals surface area contributed by atoms with Gasteiger partial charge < -0.3 is 23.5 Å². The lowest BCUT2D eigenvalue weighted by Crippen LogP contribution is -2.61. The Labute approximate surface area is 400 Å². The molecule has 0 spiro atoms. The van der Waals surface area contributed by atoms with Crippen LogP contribution in [0.2, 0.25) is 13.1 Å². The minimum Gasteiger partial charge on any atom is -0.456 e. The molecule has 2 aromatic heterocycles. The smallest absolute Gasteiger partial charge is 0.252 e. The third-order valence-corrected chi connectivity index (χ3v) is 18.7. The standard InChI is InChI=1S/C62H42BN3O2Si/c1-69(2)55-31-17-14-27-45(55)57-48(28-18-32-56(57)69)64(39-19-6-3-7-20-39)42-37-49-60-50(38-42)66(41-23-10-5-11-24-41)62-47(34-36-54-59(62)44-26-13-16-30-52(44)68-54)63(60)46-33-35-53-58(43-25-12-15-29-51(43)67-53)61(46)65(49)40-21-8-4-9-22-40/h3-38H,1-2H3. The molecule has 7 heteroatoms. The average Bonchev–Trinajstić information content (AvgIpc) is 4.05. The van der Waals surface area contributed by atoms with Gasteiger partial charge in [-0.3, -0.25) is 0 Å². The molecular formula is C62H42BN3O2Si. The van der Waals surface area contributed by atoms with Gasteiger partial charge in [-0.15, -0.1) is 0 Å².